The lowest BCUT2D eigenvalue weighted by Gasteiger charge is -2.26. The van der Waals surface area contributed by atoms with Crippen molar-refractivity contribution in [3.63, 3.8) is 0 Å². The van der Waals surface area contributed by atoms with Gasteiger partial charge in [0.25, 0.3) is 5.56 Å². The number of pyridine rings is 1. The Balaban J connectivity index is 1.38. The number of amides is 1. The third kappa shape index (κ3) is 4.63. The molecule has 8 heteroatoms. The summed E-state index contributed by atoms with van der Waals surface area (Å²) in [4.78, 5) is 35.9. The van der Waals surface area contributed by atoms with E-state index in [-0.39, 0.29) is 29.1 Å². The molecular formula is C27H30N6O2. The molecule has 180 valence electrons. The lowest BCUT2D eigenvalue weighted by Crippen LogP contribution is -2.30. The van der Waals surface area contributed by atoms with Crippen LogP contribution < -0.4 is 10.9 Å². The van der Waals surface area contributed by atoms with E-state index in [1.54, 1.807) is 35.8 Å². The first-order chi connectivity index (χ1) is 16.9. The van der Waals surface area contributed by atoms with Gasteiger partial charge in [-0.05, 0) is 54.9 Å². The Kier molecular flexibility index (Phi) is 6.25. The third-order valence-electron chi connectivity index (χ3n) is 7.27. The van der Waals surface area contributed by atoms with Crippen molar-refractivity contribution in [1.29, 1.82) is 5.26 Å². The average molecular weight is 471 g/mol. The number of nitriles is 1. The van der Waals surface area contributed by atoms with Gasteiger partial charge in [0.1, 0.15) is 17.3 Å². The molecule has 8 nitrogen and oxygen atoms in total. The molecule has 0 spiro atoms. The van der Waals surface area contributed by atoms with Crippen molar-refractivity contribution in [2.75, 3.05) is 19.4 Å². The first-order valence-corrected chi connectivity index (χ1v) is 12.3. The van der Waals surface area contributed by atoms with E-state index in [9.17, 15) is 14.9 Å². The molecule has 3 aromatic rings. The first kappa shape index (κ1) is 23.0. The number of carbonyl (C=O) groups is 1. The molecule has 2 aliphatic carbocycles. The van der Waals surface area contributed by atoms with E-state index in [0.29, 0.717) is 23.4 Å². The maximum atomic E-state index is 13.0. The summed E-state index contributed by atoms with van der Waals surface area (Å²) in [6, 6.07) is 10.2. The van der Waals surface area contributed by atoms with Gasteiger partial charge in [-0.2, -0.15) is 10.2 Å². The fraction of sp³-hybridized carbons (Fsp3) is 0.444. The van der Waals surface area contributed by atoms with Crippen molar-refractivity contribution in [3.8, 4) is 6.07 Å². The van der Waals surface area contributed by atoms with Crippen LogP contribution in [0.5, 0.6) is 0 Å². The standard InChI is InChI=1S/C27H30N6O2/c1-32(2)24(34)12-17-7-8-19-14-22(10-9-18(19)11-17)30-27-29-16-21-13-20(15-28)26(35)33(25(21)31-27)23-5-3-4-6-23/h7-8,11,13,16,22-23H,3-6,9-10,12,14H2,1-2H3,(H,29,30,31). The van der Waals surface area contributed by atoms with Gasteiger partial charge in [0.2, 0.25) is 11.9 Å². The summed E-state index contributed by atoms with van der Waals surface area (Å²) in [5.41, 5.74) is 4.11. The van der Waals surface area contributed by atoms with Crippen molar-refractivity contribution in [2.45, 2.75) is 63.5 Å². The number of nitrogens with one attached hydrogen (secondary N) is 1. The Labute approximate surface area is 204 Å². The van der Waals surface area contributed by atoms with Crippen molar-refractivity contribution in [1.82, 2.24) is 19.4 Å². The molecule has 0 aliphatic heterocycles. The zero-order valence-electron chi connectivity index (χ0n) is 20.3. The summed E-state index contributed by atoms with van der Waals surface area (Å²) in [6.07, 6.45) is 8.85. The number of aromatic nitrogens is 3. The Morgan fingerprint density at radius 1 is 1.20 bits per heavy atom. The fourth-order valence-electron chi connectivity index (χ4n) is 5.33. The smallest absolute Gasteiger partial charge is 0.270 e. The van der Waals surface area contributed by atoms with Gasteiger partial charge in [-0.25, -0.2) is 4.98 Å². The van der Waals surface area contributed by atoms with Gasteiger partial charge < -0.3 is 10.2 Å². The molecule has 2 aromatic heterocycles. The number of nitrogens with zero attached hydrogens (tertiary/aromatic N) is 5. The SMILES string of the molecule is CN(C)C(=O)Cc1ccc2c(c1)CCC(Nc1ncc3cc(C#N)c(=O)n(C4CCCC4)c3n1)C2. The summed E-state index contributed by atoms with van der Waals surface area (Å²) in [7, 11) is 3.56. The van der Waals surface area contributed by atoms with Gasteiger partial charge >= 0.3 is 0 Å². The van der Waals surface area contributed by atoms with Gasteiger partial charge in [0.05, 0.1) is 6.42 Å². The number of fused-ring (bicyclic) bond motifs is 2. The molecule has 1 saturated carbocycles. The lowest BCUT2D eigenvalue weighted by molar-refractivity contribution is -0.127. The van der Waals surface area contributed by atoms with Gasteiger partial charge in [-0.3, -0.25) is 14.2 Å². The number of rotatable bonds is 5. The number of benzene rings is 1. The lowest BCUT2D eigenvalue weighted by atomic mass is 9.87. The molecular weight excluding hydrogens is 440 g/mol. The van der Waals surface area contributed by atoms with E-state index in [2.05, 4.69) is 22.4 Å². The van der Waals surface area contributed by atoms with Crippen LogP contribution in [0, 0.1) is 11.3 Å². The molecule has 1 unspecified atom stereocenters. The van der Waals surface area contributed by atoms with Crippen molar-refractivity contribution >= 4 is 22.9 Å². The summed E-state index contributed by atoms with van der Waals surface area (Å²) >= 11 is 0. The minimum Gasteiger partial charge on any atom is -0.351 e. The van der Waals surface area contributed by atoms with Crippen LogP contribution in [0.2, 0.25) is 0 Å². The minimum absolute atomic E-state index is 0.0798. The van der Waals surface area contributed by atoms with Crippen LogP contribution in [0.15, 0.2) is 35.3 Å². The van der Waals surface area contributed by atoms with Crippen molar-refractivity contribution < 1.29 is 4.79 Å². The van der Waals surface area contributed by atoms with Crippen LogP contribution in [0.25, 0.3) is 11.0 Å². The molecule has 5 rings (SSSR count). The van der Waals surface area contributed by atoms with E-state index in [1.165, 1.54) is 11.1 Å². The van der Waals surface area contributed by atoms with E-state index in [1.807, 2.05) is 12.1 Å². The predicted octanol–water partition coefficient (Wildman–Crippen LogP) is 3.38. The Hall–Kier alpha value is -3.73. The highest BCUT2D eigenvalue weighted by atomic mass is 16.2. The van der Waals surface area contributed by atoms with E-state index in [0.717, 1.165) is 50.5 Å². The molecule has 2 aliphatic rings. The number of aryl methyl sites for hydroxylation is 1. The quantitative estimate of drug-likeness (QED) is 0.613. The molecule has 1 fully saturated rings. The van der Waals surface area contributed by atoms with Crippen LogP contribution in [0.1, 0.15) is 60.4 Å². The monoisotopic (exact) mass is 470 g/mol. The van der Waals surface area contributed by atoms with Gasteiger partial charge in [-0.15, -0.1) is 0 Å². The third-order valence-corrected chi connectivity index (χ3v) is 7.27. The topological polar surface area (TPSA) is 104 Å². The maximum Gasteiger partial charge on any atom is 0.270 e. The number of anilines is 1. The van der Waals surface area contributed by atoms with Gasteiger partial charge in [0, 0.05) is 37.8 Å². The Morgan fingerprint density at radius 3 is 2.74 bits per heavy atom. The average Bonchev–Trinajstić information content (AvgIpc) is 3.38. The summed E-state index contributed by atoms with van der Waals surface area (Å²) < 4.78 is 1.72. The summed E-state index contributed by atoms with van der Waals surface area (Å²) in [5, 5.41) is 13.6. The number of hydrogen-bond acceptors (Lipinski definition) is 6. The Morgan fingerprint density at radius 2 is 2.00 bits per heavy atom. The molecule has 1 atom stereocenters. The summed E-state index contributed by atoms with van der Waals surface area (Å²) in [6.45, 7) is 0. The normalized spacial score (nSPS) is 17.7. The zero-order valence-corrected chi connectivity index (χ0v) is 20.3. The highest BCUT2D eigenvalue weighted by molar-refractivity contribution is 5.78. The van der Waals surface area contributed by atoms with Crippen LogP contribution >= 0.6 is 0 Å². The highest BCUT2D eigenvalue weighted by Crippen LogP contribution is 2.31. The van der Waals surface area contributed by atoms with Crippen LogP contribution in [-0.4, -0.2) is 45.5 Å². The zero-order chi connectivity index (χ0) is 24.5. The predicted molar refractivity (Wildman–Crippen MR) is 134 cm³/mol. The number of carbonyl (C=O) groups excluding carboxylic acids is 1. The van der Waals surface area contributed by atoms with E-state index < -0.39 is 0 Å². The maximum absolute atomic E-state index is 13.0. The number of likely N-dealkylation sites (N-methyl/N-ethyl adjacent to an activating group) is 1. The summed E-state index contributed by atoms with van der Waals surface area (Å²) in [5.74, 6) is 0.613. The van der Waals surface area contributed by atoms with Crippen LogP contribution in [0.4, 0.5) is 5.95 Å². The second-order valence-corrected chi connectivity index (χ2v) is 9.91. The first-order valence-electron chi connectivity index (χ1n) is 12.3. The van der Waals surface area contributed by atoms with Gasteiger partial charge in [-0.1, -0.05) is 31.0 Å². The second kappa shape index (κ2) is 9.49. The van der Waals surface area contributed by atoms with Gasteiger partial charge in [0.15, 0.2) is 0 Å². The molecule has 35 heavy (non-hydrogen) atoms. The molecule has 1 aromatic carbocycles. The fourth-order valence-corrected chi connectivity index (χ4v) is 5.33. The highest BCUT2D eigenvalue weighted by Gasteiger charge is 2.24. The minimum atomic E-state index is -0.258. The molecule has 0 bridgehead atoms. The molecule has 2 heterocycles. The van der Waals surface area contributed by atoms with Crippen molar-refractivity contribution in [3.05, 3.63) is 63.1 Å². The number of hydrogen-bond donors (Lipinski definition) is 1. The van der Waals surface area contributed by atoms with E-state index >= 15 is 0 Å². The second-order valence-electron chi connectivity index (χ2n) is 9.91. The molecule has 1 amide bonds. The van der Waals surface area contributed by atoms with E-state index in [4.69, 9.17) is 4.98 Å². The molecule has 0 saturated heterocycles. The van der Waals surface area contributed by atoms with Crippen LogP contribution in [0.3, 0.4) is 0 Å². The van der Waals surface area contributed by atoms with Crippen molar-refractivity contribution in [2.24, 2.45) is 0 Å². The molecule has 1 N–H and O–H groups in total. The molecule has 0 radical (unpaired) electrons. The van der Waals surface area contributed by atoms with Crippen LogP contribution in [-0.2, 0) is 24.1 Å². The largest absolute Gasteiger partial charge is 0.351 e. The Bertz CT molecular complexity index is 1380.